The number of amides is 3. The molecule has 0 aromatic heterocycles. The summed E-state index contributed by atoms with van der Waals surface area (Å²) >= 11 is 0. The molecule has 0 radical (unpaired) electrons. The summed E-state index contributed by atoms with van der Waals surface area (Å²) < 4.78 is 0. The van der Waals surface area contributed by atoms with Crippen LogP contribution in [0.25, 0.3) is 0 Å². The largest absolute Gasteiger partial charge is 0.508 e. The Morgan fingerprint density at radius 3 is 1.96 bits per heavy atom. The van der Waals surface area contributed by atoms with E-state index in [0.29, 0.717) is 10.1 Å². The van der Waals surface area contributed by atoms with Gasteiger partial charge >= 0.3 is 11.9 Å². The van der Waals surface area contributed by atoms with Gasteiger partial charge in [-0.2, -0.15) is 0 Å². The van der Waals surface area contributed by atoms with Gasteiger partial charge in [0.1, 0.15) is 5.75 Å². The number of aliphatic hydroxyl groups is 1. The van der Waals surface area contributed by atoms with Gasteiger partial charge < -0.3 is 19.9 Å². The second-order valence-corrected chi connectivity index (χ2v) is 5.85. The Balaban J connectivity index is 1.76. The Labute approximate surface area is 151 Å². The lowest BCUT2D eigenvalue weighted by atomic mass is 10.1. The molecular weight excluding hydrogens is 364 g/mol. The van der Waals surface area contributed by atoms with Crippen molar-refractivity contribution < 1.29 is 43.9 Å². The minimum atomic E-state index is -1.28. The first-order chi connectivity index (χ1) is 12.8. The number of hydrogen-bond acceptors (Lipinski definition) is 9. The van der Waals surface area contributed by atoms with Crippen molar-refractivity contribution in [3.63, 3.8) is 0 Å². The first kappa shape index (κ1) is 18.3. The molecule has 2 aliphatic heterocycles. The molecule has 1 aromatic rings. The Kier molecular flexibility index (Phi) is 4.77. The summed E-state index contributed by atoms with van der Waals surface area (Å²) in [6.45, 7) is 0. The van der Waals surface area contributed by atoms with Crippen molar-refractivity contribution in [3.05, 3.63) is 29.3 Å². The number of phenols is 1. The number of benzene rings is 1. The summed E-state index contributed by atoms with van der Waals surface area (Å²) in [5.74, 6) is -4.72. The zero-order valence-corrected chi connectivity index (χ0v) is 13.8. The van der Waals surface area contributed by atoms with Crippen molar-refractivity contribution in [2.45, 2.75) is 31.9 Å². The lowest BCUT2D eigenvalue weighted by molar-refractivity contribution is -0.191. The number of phenolic OH excluding ortho intramolecular Hbond substituents is 1. The normalized spacial score (nSPS) is 19.6. The highest BCUT2D eigenvalue weighted by atomic mass is 16.7. The van der Waals surface area contributed by atoms with Crippen LogP contribution in [0.15, 0.2) is 18.2 Å². The molecule has 0 bridgehead atoms. The van der Waals surface area contributed by atoms with E-state index >= 15 is 0 Å². The predicted molar refractivity (Wildman–Crippen MR) is 82.1 cm³/mol. The number of rotatable bonds is 4. The second-order valence-electron chi connectivity index (χ2n) is 5.85. The molecule has 11 heteroatoms. The van der Waals surface area contributed by atoms with E-state index in [2.05, 4.69) is 0 Å². The fourth-order valence-corrected chi connectivity index (χ4v) is 2.54. The van der Waals surface area contributed by atoms with Crippen LogP contribution in [0.1, 0.15) is 46.4 Å². The summed E-state index contributed by atoms with van der Waals surface area (Å²) in [4.78, 5) is 68.3. The van der Waals surface area contributed by atoms with Gasteiger partial charge in [0.15, 0.2) is 6.23 Å². The van der Waals surface area contributed by atoms with Gasteiger partial charge in [-0.05, 0) is 18.2 Å². The Morgan fingerprint density at radius 1 is 0.889 bits per heavy atom. The molecule has 0 spiro atoms. The highest BCUT2D eigenvalue weighted by Crippen LogP contribution is 2.22. The molecule has 2 aliphatic rings. The molecule has 2 fully saturated rings. The minimum Gasteiger partial charge on any atom is -0.508 e. The summed E-state index contributed by atoms with van der Waals surface area (Å²) in [5.41, 5.74) is -0.643. The fourth-order valence-electron chi connectivity index (χ4n) is 2.54. The third-order valence-electron chi connectivity index (χ3n) is 3.88. The Hall–Kier alpha value is -3.47. The van der Waals surface area contributed by atoms with Gasteiger partial charge in [-0.1, -0.05) is 0 Å². The van der Waals surface area contributed by atoms with Gasteiger partial charge in [0.25, 0.3) is 17.7 Å². The molecule has 0 aliphatic carbocycles. The molecular formula is C16H14N2O9. The number of carbonyl (C=O) groups excluding carboxylic acids is 5. The third kappa shape index (κ3) is 3.72. The summed E-state index contributed by atoms with van der Waals surface area (Å²) in [6.07, 6.45) is -1.35. The second kappa shape index (κ2) is 7.03. The highest BCUT2D eigenvalue weighted by molar-refractivity contribution is 6.03. The van der Waals surface area contributed by atoms with Gasteiger partial charge in [-0.15, -0.1) is 10.1 Å². The number of hydroxylamine groups is 4. The van der Waals surface area contributed by atoms with E-state index < -0.39 is 41.6 Å². The minimum absolute atomic E-state index is 0.00392. The average Bonchev–Trinajstić information content (AvgIpc) is 3.11. The standard InChI is InChI=1S/C16H14N2O9/c19-10-6-8(15(24)26-17-11(20)1-2-12(17)21)5-9(7-10)16(25)27-18-13(22)3-4-14(18)23/h5-7,11,19-20H,1-4H2. The van der Waals surface area contributed by atoms with E-state index in [-0.39, 0.29) is 36.8 Å². The summed E-state index contributed by atoms with van der Waals surface area (Å²) in [6, 6.07) is 2.92. The molecule has 2 saturated heterocycles. The number of nitrogens with zero attached hydrogens (tertiary/aromatic N) is 2. The molecule has 27 heavy (non-hydrogen) atoms. The molecule has 11 nitrogen and oxygen atoms in total. The molecule has 3 rings (SSSR count). The lowest BCUT2D eigenvalue weighted by Gasteiger charge is -2.18. The van der Waals surface area contributed by atoms with Crippen molar-refractivity contribution in [1.82, 2.24) is 10.1 Å². The van der Waals surface area contributed by atoms with Gasteiger partial charge in [0.05, 0.1) is 11.1 Å². The summed E-state index contributed by atoms with van der Waals surface area (Å²) in [5, 5.41) is 20.2. The monoisotopic (exact) mass is 378 g/mol. The predicted octanol–water partition coefficient (Wildman–Crippen LogP) is -0.374. The number of hydrogen-bond donors (Lipinski definition) is 2. The molecule has 142 valence electrons. The SMILES string of the molecule is O=C(ON1C(=O)CCC1=O)c1cc(O)cc(C(=O)ON2C(=O)CCC2O)c1. The lowest BCUT2D eigenvalue weighted by Crippen LogP contribution is -2.35. The van der Waals surface area contributed by atoms with Crippen molar-refractivity contribution >= 4 is 29.7 Å². The first-order valence-electron chi connectivity index (χ1n) is 7.91. The van der Waals surface area contributed by atoms with E-state index in [4.69, 9.17) is 9.68 Å². The number of carbonyl (C=O) groups is 5. The Bertz CT molecular complexity index is 834. The van der Waals surface area contributed by atoms with Crippen LogP contribution in [-0.4, -0.2) is 56.2 Å². The van der Waals surface area contributed by atoms with Gasteiger partial charge in [0.2, 0.25) is 0 Å². The van der Waals surface area contributed by atoms with Crippen LogP contribution in [0.4, 0.5) is 0 Å². The third-order valence-corrected chi connectivity index (χ3v) is 3.88. The van der Waals surface area contributed by atoms with E-state index in [1.54, 1.807) is 0 Å². The van der Waals surface area contributed by atoms with E-state index in [1.807, 2.05) is 0 Å². The van der Waals surface area contributed by atoms with Gasteiger partial charge in [0, 0.05) is 25.7 Å². The molecule has 0 saturated carbocycles. The van der Waals surface area contributed by atoms with Gasteiger partial charge in [-0.25, -0.2) is 9.59 Å². The van der Waals surface area contributed by atoms with Crippen LogP contribution in [0.2, 0.25) is 0 Å². The number of imide groups is 1. The van der Waals surface area contributed by atoms with E-state index in [0.717, 1.165) is 18.2 Å². The maximum absolute atomic E-state index is 12.2. The van der Waals surface area contributed by atoms with Crippen molar-refractivity contribution in [1.29, 1.82) is 0 Å². The fraction of sp³-hybridized carbons (Fsp3) is 0.312. The maximum Gasteiger partial charge on any atom is 0.364 e. The number of aliphatic hydroxyl groups excluding tert-OH is 1. The quantitative estimate of drug-likeness (QED) is 0.668. The smallest absolute Gasteiger partial charge is 0.364 e. The van der Waals surface area contributed by atoms with E-state index in [1.165, 1.54) is 0 Å². The van der Waals surface area contributed by atoms with Crippen LogP contribution in [-0.2, 0) is 24.1 Å². The highest BCUT2D eigenvalue weighted by Gasteiger charge is 2.35. The van der Waals surface area contributed by atoms with E-state index in [9.17, 15) is 34.2 Å². The van der Waals surface area contributed by atoms with Crippen LogP contribution in [0, 0.1) is 0 Å². The molecule has 2 N–H and O–H groups in total. The molecule has 1 aromatic carbocycles. The number of aromatic hydroxyl groups is 1. The van der Waals surface area contributed by atoms with Gasteiger partial charge in [-0.3, -0.25) is 14.4 Å². The Morgan fingerprint density at radius 2 is 1.44 bits per heavy atom. The first-order valence-corrected chi connectivity index (χ1v) is 7.91. The molecule has 2 heterocycles. The van der Waals surface area contributed by atoms with Crippen LogP contribution < -0.4 is 0 Å². The van der Waals surface area contributed by atoms with Crippen LogP contribution in [0.3, 0.4) is 0 Å². The van der Waals surface area contributed by atoms with Crippen LogP contribution >= 0.6 is 0 Å². The zero-order chi connectivity index (χ0) is 19.7. The zero-order valence-electron chi connectivity index (χ0n) is 13.8. The maximum atomic E-state index is 12.2. The molecule has 3 amide bonds. The topological polar surface area (TPSA) is 151 Å². The summed E-state index contributed by atoms with van der Waals surface area (Å²) in [7, 11) is 0. The van der Waals surface area contributed by atoms with Crippen molar-refractivity contribution in [2.75, 3.05) is 0 Å². The van der Waals surface area contributed by atoms with Crippen LogP contribution in [0.5, 0.6) is 5.75 Å². The average molecular weight is 378 g/mol. The van der Waals surface area contributed by atoms with Crippen molar-refractivity contribution in [3.8, 4) is 5.75 Å². The molecule has 1 atom stereocenters. The van der Waals surface area contributed by atoms with Crippen molar-refractivity contribution in [2.24, 2.45) is 0 Å². The molecule has 1 unspecified atom stereocenters.